The zero-order valence-corrected chi connectivity index (χ0v) is 13.2. The van der Waals surface area contributed by atoms with E-state index in [1.807, 2.05) is 27.7 Å². The molecule has 0 unspecified atom stereocenters. The van der Waals surface area contributed by atoms with Gasteiger partial charge in [0.15, 0.2) is 5.43 Å². The van der Waals surface area contributed by atoms with Crippen LogP contribution in [0.5, 0.6) is 0 Å². The third-order valence-corrected chi connectivity index (χ3v) is 4.19. The predicted molar refractivity (Wildman–Crippen MR) is 81.3 cm³/mol. The van der Waals surface area contributed by atoms with E-state index in [4.69, 9.17) is 9.31 Å². The Labute approximate surface area is 121 Å². The molecule has 110 valence electrons. The number of rotatable bonds is 3. The number of aromatic amines is 1. The van der Waals surface area contributed by atoms with Crippen LogP contribution in [0.3, 0.4) is 0 Å². The minimum absolute atomic E-state index is 0.0240. The number of nitrogens with one attached hydrogen (secondary N) is 1. The average Bonchev–Trinajstić information content (AvgIpc) is 2.50. The molecule has 1 fully saturated rings. The molecule has 0 aliphatic carbocycles. The molecular weight excluding hydrogens is 253 g/mol. The van der Waals surface area contributed by atoms with Crippen molar-refractivity contribution in [1.82, 2.24) is 4.98 Å². The summed E-state index contributed by atoms with van der Waals surface area (Å²) in [5.74, 6) is 0.435. The van der Waals surface area contributed by atoms with Crippen LogP contribution in [0.2, 0.25) is 0 Å². The van der Waals surface area contributed by atoms with Gasteiger partial charge in [-0.15, -0.1) is 0 Å². The first-order valence-electron chi connectivity index (χ1n) is 7.19. The minimum atomic E-state index is -0.601. The summed E-state index contributed by atoms with van der Waals surface area (Å²) in [6, 6.07) is 0. The summed E-state index contributed by atoms with van der Waals surface area (Å²) in [5.41, 5.74) is 0.501. The minimum Gasteiger partial charge on any atom is -0.399 e. The standard InChI is InChI=1S/C15H24BNO3/c1-10(2)7-11-8-17-9-12(13(11)18)16-19-14(3,4)15(5,6)20-16/h8-10H,7H2,1-6H3,(H,17,18). The number of aromatic nitrogens is 1. The van der Waals surface area contributed by atoms with Crippen molar-refractivity contribution in [2.45, 2.75) is 59.2 Å². The molecule has 0 bridgehead atoms. The molecule has 2 rings (SSSR count). The van der Waals surface area contributed by atoms with Crippen molar-refractivity contribution in [3.8, 4) is 0 Å². The fourth-order valence-corrected chi connectivity index (χ4v) is 2.29. The van der Waals surface area contributed by atoms with Crippen molar-refractivity contribution >= 4 is 12.6 Å². The molecule has 1 N–H and O–H groups in total. The average molecular weight is 277 g/mol. The van der Waals surface area contributed by atoms with Gasteiger partial charge in [0.1, 0.15) is 0 Å². The van der Waals surface area contributed by atoms with Crippen LogP contribution in [0, 0.1) is 5.92 Å². The number of hydrogen-bond donors (Lipinski definition) is 1. The summed E-state index contributed by atoms with van der Waals surface area (Å²) in [4.78, 5) is 15.6. The fourth-order valence-electron chi connectivity index (χ4n) is 2.29. The van der Waals surface area contributed by atoms with Gasteiger partial charge in [0.05, 0.1) is 11.2 Å². The third-order valence-electron chi connectivity index (χ3n) is 4.19. The Balaban J connectivity index is 2.34. The maximum atomic E-state index is 12.5. The molecule has 1 aliphatic rings. The maximum absolute atomic E-state index is 12.5. The Morgan fingerprint density at radius 2 is 1.70 bits per heavy atom. The van der Waals surface area contributed by atoms with E-state index in [1.165, 1.54) is 0 Å². The van der Waals surface area contributed by atoms with Gasteiger partial charge >= 0.3 is 7.12 Å². The van der Waals surface area contributed by atoms with Crippen LogP contribution in [-0.2, 0) is 15.7 Å². The smallest absolute Gasteiger partial charge is 0.399 e. The summed E-state index contributed by atoms with van der Waals surface area (Å²) >= 11 is 0. The highest BCUT2D eigenvalue weighted by atomic mass is 16.7. The van der Waals surface area contributed by atoms with Gasteiger partial charge in [0.25, 0.3) is 0 Å². The fraction of sp³-hybridized carbons (Fsp3) is 0.667. The molecule has 0 aromatic carbocycles. The summed E-state index contributed by atoms with van der Waals surface area (Å²) in [6.07, 6.45) is 4.22. The monoisotopic (exact) mass is 277 g/mol. The second-order valence-electron chi connectivity index (χ2n) is 6.95. The predicted octanol–water partition coefficient (Wildman–Crippen LogP) is 1.87. The molecular formula is C15H24BNO3. The van der Waals surface area contributed by atoms with E-state index in [0.29, 0.717) is 11.4 Å². The summed E-state index contributed by atoms with van der Waals surface area (Å²) < 4.78 is 11.9. The quantitative estimate of drug-likeness (QED) is 0.858. The molecule has 0 spiro atoms. The third kappa shape index (κ3) is 2.70. The van der Waals surface area contributed by atoms with Gasteiger partial charge in [-0.3, -0.25) is 4.79 Å². The van der Waals surface area contributed by atoms with Crippen molar-refractivity contribution in [3.63, 3.8) is 0 Å². The van der Waals surface area contributed by atoms with Crippen LogP contribution in [0.15, 0.2) is 17.2 Å². The van der Waals surface area contributed by atoms with Gasteiger partial charge in [0.2, 0.25) is 0 Å². The Kier molecular flexibility index (Phi) is 3.86. The molecule has 1 aliphatic heterocycles. The van der Waals surface area contributed by atoms with Crippen molar-refractivity contribution < 1.29 is 9.31 Å². The van der Waals surface area contributed by atoms with Crippen LogP contribution in [0.1, 0.15) is 47.1 Å². The number of H-pyrrole nitrogens is 1. The molecule has 20 heavy (non-hydrogen) atoms. The molecule has 1 aromatic heterocycles. The summed E-state index contributed by atoms with van der Waals surface area (Å²) in [5, 5.41) is 0. The zero-order chi connectivity index (χ0) is 15.1. The normalized spacial score (nSPS) is 20.6. The van der Waals surface area contributed by atoms with Gasteiger partial charge in [-0.2, -0.15) is 0 Å². The first-order valence-corrected chi connectivity index (χ1v) is 7.19. The molecule has 1 aromatic rings. The second kappa shape index (κ2) is 5.04. The van der Waals surface area contributed by atoms with E-state index in [9.17, 15) is 4.79 Å². The van der Waals surface area contributed by atoms with Crippen LogP contribution in [-0.4, -0.2) is 23.3 Å². The van der Waals surface area contributed by atoms with Crippen molar-refractivity contribution in [1.29, 1.82) is 0 Å². The Hall–Kier alpha value is -1.07. The van der Waals surface area contributed by atoms with Crippen molar-refractivity contribution in [2.75, 3.05) is 0 Å². The van der Waals surface area contributed by atoms with Crippen LogP contribution >= 0.6 is 0 Å². The van der Waals surface area contributed by atoms with Gasteiger partial charge in [-0.05, 0) is 40.0 Å². The zero-order valence-electron chi connectivity index (χ0n) is 13.2. The molecule has 0 saturated carbocycles. The lowest BCUT2D eigenvalue weighted by Gasteiger charge is -2.32. The summed E-state index contributed by atoms with van der Waals surface area (Å²) in [6.45, 7) is 12.1. The first-order chi connectivity index (χ1) is 9.14. The largest absolute Gasteiger partial charge is 0.500 e. The highest BCUT2D eigenvalue weighted by Crippen LogP contribution is 2.36. The van der Waals surface area contributed by atoms with Gasteiger partial charge in [-0.1, -0.05) is 13.8 Å². The molecule has 1 saturated heterocycles. The molecule has 0 radical (unpaired) electrons. The lowest BCUT2D eigenvalue weighted by molar-refractivity contribution is 0.00578. The van der Waals surface area contributed by atoms with E-state index in [1.54, 1.807) is 12.4 Å². The van der Waals surface area contributed by atoms with E-state index in [0.717, 1.165) is 12.0 Å². The van der Waals surface area contributed by atoms with Crippen molar-refractivity contribution in [3.05, 3.63) is 28.2 Å². The van der Waals surface area contributed by atoms with E-state index in [-0.39, 0.29) is 5.43 Å². The Morgan fingerprint density at radius 3 is 2.20 bits per heavy atom. The topological polar surface area (TPSA) is 51.3 Å². The van der Waals surface area contributed by atoms with E-state index < -0.39 is 18.3 Å². The molecule has 0 amide bonds. The maximum Gasteiger partial charge on any atom is 0.500 e. The molecule has 2 heterocycles. The van der Waals surface area contributed by atoms with Crippen LogP contribution < -0.4 is 10.9 Å². The molecule has 0 atom stereocenters. The lowest BCUT2D eigenvalue weighted by Crippen LogP contribution is -2.45. The van der Waals surface area contributed by atoms with Gasteiger partial charge < -0.3 is 14.3 Å². The first kappa shape index (κ1) is 15.3. The Bertz CT molecular complexity index is 532. The highest BCUT2D eigenvalue weighted by molar-refractivity contribution is 6.61. The summed E-state index contributed by atoms with van der Waals surface area (Å²) in [7, 11) is -0.601. The highest BCUT2D eigenvalue weighted by Gasteiger charge is 2.52. The number of hydrogen-bond acceptors (Lipinski definition) is 3. The van der Waals surface area contributed by atoms with Gasteiger partial charge in [0, 0.05) is 23.4 Å². The molecule has 4 nitrogen and oxygen atoms in total. The van der Waals surface area contributed by atoms with E-state index >= 15 is 0 Å². The van der Waals surface area contributed by atoms with Gasteiger partial charge in [-0.25, -0.2) is 0 Å². The molecule has 5 heteroatoms. The van der Waals surface area contributed by atoms with E-state index in [2.05, 4.69) is 18.8 Å². The number of pyridine rings is 1. The second-order valence-corrected chi connectivity index (χ2v) is 6.95. The lowest BCUT2D eigenvalue weighted by atomic mass is 9.79. The van der Waals surface area contributed by atoms with Crippen molar-refractivity contribution in [2.24, 2.45) is 5.92 Å². The van der Waals surface area contributed by atoms with Crippen LogP contribution in [0.4, 0.5) is 0 Å². The van der Waals surface area contributed by atoms with Crippen LogP contribution in [0.25, 0.3) is 0 Å². The Morgan fingerprint density at radius 1 is 1.15 bits per heavy atom. The SMILES string of the molecule is CC(C)Cc1c[nH]cc(B2OC(C)(C)C(C)(C)O2)c1=O.